The summed E-state index contributed by atoms with van der Waals surface area (Å²) in [5.41, 5.74) is 2.51. The van der Waals surface area contributed by atoms with Crippen molar-refractivity contribution in [2.45, 2.75) is 32.4 Å². The lowest BCUT2D eigenvalue weighted by atomic mass is 10.0. The second-order valence-corrected chi connectivity index (χ2v) is 6.66. The highest BCUT2D eigenvalue weighted by Gasteiger charge is 2.12. The Morgan fingerprint density at radius 2 is 2.08 bits per heavy atom. The number of nitrogens with one attached hydrogen (secondary N) is 1. The maximum atomic E-state index is 13.2. The van der Waals surface area contributed by atoms with E-state index in [1.165, 1.54) is 23.9 Å². The molecule has 1 aromatic heterocycles. The van der Waals surface area contributed by atoms with Crippen LogP contribution >= 0.6 is 11.8 Å². The van der Waals surface area contributed by atoms with Gasteiger partial charge in [0.05, 0.1) is 11.4 Å². The van der Waals surface area contributed by atoms with Gasteiger partial charge in [-0.15, -0.1) is 11.8 Å². The normalized spacial score (nSPS) is 12.2. The van der Waals surface area contributed by atoms with E-state index < -0.39 is 11.6 Å². The Morgan fingerprint density at radius 3 is 2.71 bits per heavy atom. The van der Waals surface area contributed by atoms with Crippen LogP contribution in [0.4, 0.5) is 8.78 Å². The molecule has 0 unspecified atom stereocenters. The van der Waals surface area contributed by atoms with E-state index in [1.54, 1.807) is 0 Å². The summed E-state index contributed by atoms with van der Waals surface area (Å²) in [6.45, 7) is 5.94. The third kappa shape index (κ3) is 4.80. The van der Waals surface area contributed by atoms with E-state index >= 15 is 0 Å². The van der Waals surface area contributed by atoms with Crippen LogP contribution in [0.3, 0.4) is 0 Å². The average Bonchev–Trinajstić information content (AvgIpc) is 2.87. The molecule has 0 radical (unpaired) electrons. The lowest BCUT2D eigenvalue weighted by molar-refractivity contribution is -0.118. The molecule has 0 saturated carbocycles. The van der Waals surface area contributed by atoms with Gasteiger partial charge in [-0.05, 0) is 37.5 Å². The number of carbonyl (C=O) groups is 1. The summed E-state index contributed by atoms with van der Waals surface area (Å²) in [4.78, 5) is 11.9. The Bertz CT molecular complexity index is 699. The van der Waals surface area contributed by atoms with Crippen LogP contribution in [0.15, 0.2) is 22.7 Å². The number of amides is 1. The zero-order chi connectivity index (χ0) is 17.7. The van der Waals surface area contributed by atoms with Gasteiger partial charge >= 0.3 is 0 Å². The molecule has 1 amide bonds. The molecule has 0 spiro atoms. The van der Waals surface area contributed by atoms with Crippen LogP contribution in [0.2, 0.25) is 0 Å². The van der Waals surface area contributed by atoms with Crippen LogP contribution in [0.1, 0.15) is 35.4 Å². The van der Waals surface area contributed by atoms with E-state index in [0.717, 1.165) is 23.1 Å². The van der Waals surface area contributed by atoms with Gasteiger partial charge in [0.15, 0.2) is 11.6 Å². The predicted octanol–water partition coefficient (Wildman–Crippen LogP) is 3.72. The smallest absolute Gasteiger partial charge is 0.230 e. The van der Waals surface area contributed by atoms with Crippen molar-refractivity contribution in [1.29, 1.82) is 0 Å². The van der Waals surface area contributed by atoms with Gasteiger partial charge in [-0.3, -0.25) is 4.79 Å². The Hall–Kier alpha value is -1.89. The molecule has 2 rings (SSSR count). The number of aromatic nitrogens is 1. The molecule has 1 aromatic carbocycles. The molecule has 4 nitrogen and oxygen atoms in total. The van der Waals surface area contributed by atoms with Crippen LogP contribution in [-0.4, -0.2) is 23.4 Å². The maximum absolute atomic E-state index is 13.2. The van der Waals surface area contributed by atoms with Gasteiger partial charge in [0.2, 0.25) is 5.91 Å². The molecular weight excluding hydrogens is 334 g/mol. The molecular formula is C17H20F2N2O2S. The van der Waals surface area contributed by atoms with Gasteiger partial charge in [0.25, 0.3) is 0 Å². The lowest BCUT2D eigenvalue weighted by Gasteiger charge is -2.13. The Morgan fingerprint density at radius 1 is 1.33 bits per heavy atom. The lowest BCUT2D eigenvalue weighted by Crippen LogP contribution is -2.29. The van der Waals surface area contributed by atoms with Gasteiger partial charge < -0.3 is 9.84 Å². The summed E-state index contributed by atoms with van der Waals surface area (Å²) in [6, 6.07) is 3.79. The van der Waals surface area contributed by atoms with Crippen LogP contribution in [0.5, 0.6) is 0 Å². The Balaban J connectivity index is 1.75. The van der Waals surface area contributed by atoms with Crippen molar-refractivity contribution in [1.82, 2.24) is 10.5 Å². The second-order valence-electron chi connectivity index (χ2n) is 5.67. The maximum Gasteiger partial charge on any atom is 0.230 e. The van der Waals surface area contributed by atoms with E-state index in [-0.39, 0.29) is 11.8 Å². The molecule has 1 heterocycles. The van der Waals surface area contributed by atoms with E-state index in [4.69, 9.17) is 4.52 Å². The van der Waals surface area contributed by atoms with Gasteiger partial charge in [-0.25, -0.2) is 8.78 Å². The van der Waals surface area contributed by atoms with Gasteiger partial charge in [0.1, 0.15) is 5.76 Å². The molecule has 0 saturated heterocycles. The third-order valence-electron chi connectivity index (χ3n) is 3.78. The van der Waals surface area contributed by atoms with Crippen molar-refractivity contribution in [3.8, 4) is 0 Å². The minimum atomic E-state index is -0.874. The Kier molecular flexibility index (Phi) is 6.36. The van der Waals surface area contributed by atoms with Gasteiger partial charge in [-0.2, -0.15) is 0 Å². The number of nitrogens with zero attached hydrogens (tertiary/aromatic N) is 1. The molecule has 1 atom stereocenters. The molecule has 0 aliphatic heterocycles. The number of rotatable bonds is 7. The number of hydrogen-bond donors (Lipinski definition) is 1. The molecule has 24 heavy (non-hydrogen) atoms. The standard InChI is InChI=1S/C17H20F2N2O2S/c1-10(13-4-5-15(18)16(19)6-13)7-20-17(22)9-24-8-14-11(2)21-23-12(14)3/h4-6,10H,7-9H2,1-3H3,(H,20,22)/t10-/m1/s1. The average molecular weight is 354 g/mol. The number of halogens is 2. The highest BCUT2D eigenvalue weighted by atomic mass is 32.2. The summed E-state index contributed by atoms with van der Waals surface area (Å²) in [7, 11) is 0. The summed E-state index contributed by atoms with van der Waals surface area (Å²) in [6.07, 6.45) is 0. The summed E-state index contributed by atoms with van der Waals surface area (Å²) < 4.78 is 31.2. The number of hydrogen-bond acceptors (Lipinski definition) is 4. The first kappa shape index (κ1) is 18.4. The summed E-state index contributed by atoms with van der Waals surface area (Å²) in [5, 5.41) is 6.68. The second kappa shape index (κ2) is 8.28. The largest absolute Gasteiger partial charge is 0.361 e. The highest BCUT2D eigenvalue weighted by molar-refractivity contribution is 7.99. The SMILES string of the molecule is Cc1noc(C)c1CSCC(=O)NC[C@@H](C)c1ccc(F)c(F)c1. The van der Waals surface area contributed by atoms with E-state index in [0.29, 0.717) is 23.6 Å². The fourth-order valence-electron chi connectivity index (χ4n) is 2.21. The van der Waals surface area contributed by atoms with Crippen molar-refractivity contribution in [3.05, 3.63) is 52.4 Å². The Labute approximate surface area is 144 Å². The van der Waals surface area contributed by atoms with Gasteiger partial charge in [-0.1, -0.05) is 18.1 Å². The topological polar surface area (TPSA) is 55.1 Å². The van der Waals surface area contributed by atoms with Crippen LogP contribution in [0, 0.1) is 25.5 Å². The fraction of sp³-hybridized carbons (Fsp3) is 0.412. The molecule has 0 aliphatic rings. The molecule has 2 aromatic rings. The van der Waals surface area contributed by atoms with Crippen LogP contribution < -0.4 is 5.32 Å². The highest BCUT2D eigenvalue weighted by Crippen LogP contribution is 2.20. The van der Waals surface area contributed by atoms with Crippen molar-refractivity contribution in [2.24, 2.45) is 0 Å². The summed E-state index contributed by atoms with van der Waals surface area (Å²) in [5.74, 6) is -0.196. The number of carbonyl (C=O) groups excluding carboxylic acids is 1. The van der Waals surface area contributed by atoms with Crippen molar-refractivity contribution < 1.29 is 18.1 Å². The van der Waals surface area contributed by atoms with E-state index in [1.807, 2.05) is 20.8 Å². The summed E-state index contributed by atoms with van der Waals surface area (Å²) >= 11 is 1.48. The molecule has 0 aliphatic carbocycles. The molecule has 0 bridgehead atoms. The van der Waals surface area contributed by atoms with Crippen LogP contribution in [-0.2, 0) is 10.5 Å². The molecule has 130 valence electrons. The minimum absolute atomic E-state index is 0.0961. The first-order chi connectivity index (χ1) is 11.4. The number of benzene rings is 1. The van der Waals surface area contributed by atoms with Crippen molar-refractivity contribution >= 4 is 17.7 Å². The monoisotopic (exact) mass is 354 g/mol. The first-order valence-corrected chi connectivity index (χ1v) is 8.75. The molecule has 7 heteroatoms. The molecule has 0 fully saturated rings. The number of aryl methyl sites for hydroxylation is 2. The van der Waals surface area contributed by atoms with Crippen molar-refractivity contribution in [2.75, 3.05) is 12.3 Å². The predicted molar refractivity (Wildman–Crippen MR) is 89.9 cm³/mol. The zero-order valence-corrected chi connectivity index (χ0v) is 14.7. The zero-order valence-electron chi connectivity index (χ0n) is 13.9. The first-order valence-electron chi connectivity index (χ1n) is 7.59. The van der Waals surface area contributed by atoms with Crippen molar-refractivity contribution in [3.63, 3.8) is 0 Å². The molecule has 1 N–H and O–H groups in total. The quantitative estimate of drug-likeness (QED) is 0.823. The van der Waals surface area contributed by atoms with E-state index in [9.17, 15) is 13.6 Å². The number of thioether (sulfide) groups is 1. The van der Waals surface area contributed by atoms with E-state index in [2.05, 4.69) is 10.5 Å². The van der Waals surface area contributed by atoms with Gasteiger partial charge in [0, 0.05) is 17.9 Å². The third-order valence-corrected chi connectivity index (χ3v) is 4.74. The fourth-order valence-corrected chi connectivity index (χ4v) is 3.21. The van der Waals surface area contributed by atoms with Crippen LogP contribution in [0.25, 0.3) is 0 Å². The minimum Gasteiger partial charge on any atom is -0.361 e.